The molecule has 188 valence electrons. The average Bonchev–Trinajstić information content (AvgIpc) is 2.96. The van der Waals surface area contributed by atoms with Gasteiger partial charge in [-0.2, -0.15) is 0 Å². The average molecular weight is 621 g/mol. The molecule has 2 spiro atoms. The van der Waals surface area contributed by atoms with Crippen LogP contribution in [-0.4, -0.2) is 35.1 Å². The Balaban J connectivity index is 0.00000171. The Kier molecular flexibility index (Phi) is 12.3. The van der Waals surface area contributed by atoms with Crippen LogP contribution in [0.3, 0.4) is 0 Å². The van der Waals surface area contributed by atoms with E-state index in [1.54, 1.807) is 0 Å². The Labute approximate surface area is 227 Å². The van der Waals surface area contributed by atoms with Gasteiger partial charge in [0.15, 0.2) is 11.8 Å². The fourth-order valence-electron chi connectivity index (χ4n) is 6.44. The maximum atomic E-state index is 6.69. The third kappa shape index (κ3) is 6.33. The van der Waals surface area contributed by atoms with Crippen LogP contribution in [0.4, 0.5) is 0 Å². The number of hydrogen-bond donors (Lipinski definition) is 0. The van der Waals surface area contributed by atoms with Crippen molar-refractivity contribution in [1.82, 2.24) is 0 Å². The molecule has 4 nitrogen and oxygen atoms in total. The van der Waals surface area contributed by atoms with E-state index in [0.29, 0.717) is 18.3 Å². The fourth-order valence-corrected chi connectivity index (χ4v) is 6.44. The molecular formula is C25H42Br2N2NiO2. The first-order chi connectivity index (χ1) is 13.9. The summed E-state index contributed by atoms with van der Waals surface area (Å²) in [4.78, 5) is 10.3. The zero-order valence-electron chi connectivity index (χ0n) is 20.3. The quantitative estimate of drug-likeness (QED) is 0.430. The van der Waals surface area contributed by atoms with E-state index in [1.165, 1.54) is 51.4 Å². The van der Waals surface area contributed by atoms with Gasteiger partial charge in [-0.3, -0.25) is 0 Å². The van der Waals surface area contributed by atoms with Crippen molar-refractivity contribution >= 4 is 11.8 Å². The number of ether oxygens (including phenoxy) is 2. The second kappa shape index (κ2) is 12.9. The van der Waals surface area contributed by atoms with Gasteiger partial charge in [0.05, 0.1) is 18.5 Å². The SMILES string of the molecule is CC(C)[C@H]1N=C(CC2=N[C@H](C(C)C)C3(CCCCCC3)O2)OC12CCCCCC2.[Br-].[Br-].[Ni+2]. The third-order valence-electron chi connectivity index (χ3n) is 7.75. The Hall–Kier alpha value is 0.394. The van der Waals surface area contributed by atoms with Crippen LogP contribution in [0.2, 0.25) is 0 Å². The molecule has 32 heavy (non-hydrogen) atoms. The van der Waals surface area contributed by atoms with Crippen molar-refractivity contribution in [3.05, 3.63) is 0 Å². The zero-order valence-corrected chi connectivity index (χ0v) is 24.4. The van der Waals surface area contributed by atoms with Gasteiger partial charge < -0.3 is 43.4 Å². The number of aliphatic imine (C=N–C) groups is 2. The Morgan fingerprint density at radius 1 is 0.656 bits per heavy atom. The largest absolute Gasteiger partial charge is 2.00 e. The standard InChI is InChI=1S/C25H42N2O2.2BrH.Ni/c1-18(2)22-24(13-9-5-6-10-14-24)28-20(26-22)17-21-27-23(19(3)4)25(29-21)15-11-7-8-12-16-25;;;/h18-19,22-23H,5-17H2,1-4H3;2*1H;/q;;;+2/p-2/t22-,23-;;;/m1.../s1. The van der Waals surface area contributed by atoms with Crippen molar-refractivity contribution in [1.29, 1.82) is 0 Å². The van der Waals surface area contributed by atoms with Crippen LogP contribution < -0.4 is 34.0 Å². The van der Waals surface area contributed by atoms with E-state index in [1.807, 2.05) is 0 Å². The van der Waals surface area contributed by atoms with Crippen LogP contribution in [0.25, 0.3) is 0 Å². The second-order valence-corrected chi connectivity index (χ2v) is 10.8. The van der Waals surface area contributed by atoms with Crippen molar-refractivity contribution in [3.8, 4) is 0 Å². The third-order valence-corrected chi connectivity index (χ3v) is 7.75. The van der Waals surface area contributed by atoms with Gasteiger partial charge in [0.25, 0.3) is 0 Å². The molecule has 2 fully saturated rings. The molecule has 0 radical (unpaired) electrons. The minimum Gasteiger partial charge on any atom is -1.00 e. The summed E-state index contributed by atoms with van der Waals surface area (Å²) in [7, 11) is 0. The smallest absolute Gasteiger partial charge is 1.00 e. The summed E-state index contributed by atoms with van der Waals surface area (Å²) in [6.07, 6.45) is 15.6. The van der Waals surface area contributed by atoms with Crippen molar-refractivity contribution in [2.75, 3.05) is 0 Å². The summed E-state index contributed by atoms with van der Waals surface area (Å²) in [6.45, 7) is 9.19. The monoisotopic (exact) mass is 618 g/mol. The number of hydrogen-bond acceptors (Lipinski definition) is 4. The topological polar surface area (TPSA) is 43.2 Å². The minimum atomic E-state index is -0.0728. The molecule has 0 aromatic carbocycles. The molecule has 0 bridgehead atoms. The van der Waals surface area contributed by atoms with Crippen LogP contribution in [0.1, 0.15) is 111 Å². The predicted molar refractivity (Wildman–Crippen MR) is 120 cm³/mol. The van der Waals surface area contributed by atoms with Crippen LogP contribution in [0.5, 0.6) is 0 Å². The molecule has 2 aliphatic carbocycles. The van der Waals surface area contributed by atoms with Crippen molar-refractivity contribution in [2.24, 2.45) is 21.8 Å². The Bertz CT molecular complexity index is 584. The van der Waals surface area contributed by atoms with E-state index in [2.05, 4.69) is 27.7 Å². The van der Waals surface area contributed by atoms with Gasteiger partial charge in [-0.25, -0.2) is 9.98 Å². The molecule has 4 rings (SSSR count). The van der Waals surface area contributed by atoms with Gasteiger partial charge in [-0.1, -0.05) is 53.4 Å². The van der Waals surface area contributed by atoms with Gasteiger partial charge in [0.1, 0.15) is 11.2 Å². The van der Waals surface area contributed by atoms with E-state index in [9.17, 15) is 0 Å². The van der Waals surface area contributed by atoms with Gasteiger partial charge in [-0.15, -0.1) is 0 Å². The normalized spacial score (nSPS) is 28.4. The molecule has 0 aromatic rings. The molecule has 0 saturated heterocycles. The van der Waals surface area contributed by atoms with Crippen LogP contribution in [0.15, 0.2) is 9.98 Å². The maximum Gasteiger partial charge on any atom is 2.00 e. The summed E-state index contributed by atoms with van der Waals surface area (Å²) in [5, 5.41) is 0. The molecule has 4 aliphatic rings. The van der Waals surface area contributed by atoms with E-state index in [0.717, 1.165) is 37.5 Å². The van der Waals surface area contributed by atoms with E-state index in [4.69, 9.17) is 19.5 Å². The number of rotatable bonds is 4. The van der Waals surface area contributed by atoms with Crippen molar-refractivity contribution in [2.45, 2.75) is 134 Å². The summed E-state index contributed by atoms with van der Waals surface area (Å²) in [6, 6.07) is 0.565. The fraction of sp³-hybridized carbons (Fsp3) is 0.920. The molecule has 0 amide bonds. The molecule has 2 heterocycles. The van der Waals surface area contributed by atoms with Gasteiger partial charge >= 0.3 is 16.5 Å². The molecule has 0 aromatic heterocycles. The molecule has 2 saturated carbocycles. The van der Waals surface area contributed by atoms with Crippen LogP contribution in [0, 0.1) is 11.8 Å². The summed E-state index contributed by atoms with van der Waals surface area (Å²) >= 11 is 0. The zero-order chi connectivity index (χ0) is 20.5. The van der Waals surface area contributed by atoms with E-state index < -0.39 is 0 Å². The van der Waals surface area contributed by atoms with E-state index >= 15 is 0 Å². The predicted octanol–water partition coefficient (Wildman–Crippen LogP) is 0.475. The summed E-state index contributed by atoms with van der Waals surface area (Å²) in [5.41, 5.74) is -0.146. The first-order valence-corrected chi connectivity index (χ1v) is 12.5. The first kappa shape index (κ1) is 30.4. The van der Waals surface area contributed by atoms with E-state index in [-0.39, 0.29) is 73.7 Å². The minimum absolute atomic E-state index is 0. The second-order valence-electron chi connectivity index (χ2n) is 10.8. The summed E-state index contributed by atoms with van der Waals surface area (Å²) < 4.78 is 13.4. The maximum absolute atomic E-state index is 6.69. The summed E-state index contributed by atoms with van der Waals surface area (Å²) in [5.74, 6) is 2.79. The number of halogens is 2. The molecule has 7 heteroatoms. The molecule has 2 aliphatic heterocycles. The molecule has 2 atom stereocenters. The van der Waals surface area contributed by atoms with Crippen LogP contribution in [-0.2, 0) is 26.0 Å². The van der Waals surface area contributed by atoms with Gasteiger partial charge in [0, 0.05) is 0 Å². The van der Waals surface area contributed by atoms with Gasteiger partial charge in [0.2, 0.25) is 0 Å². The first-order valence-electron chi connectivity index (χ1n) is 12.5. The Morgan fingerprint density at radius 2 is 0.969 bits per heavy atom. The van der Waals surface area contributed by atoms with Crippen molar-refractivity contribution in [3.63, 3.8) is 0 Å². The number of nitrogens with zero attached hydrogens (tertiary/aromatic N) is 2. The molecule has 0 unspecified atom stereocenters. The Morgan fingerprint density at radius 3 is 1.25 bits per heavy atom. The molecule has 0 N–H and O–H groups in total. The van der Waals surface area contributed by atoms with Gasteiger partial charge in [-0.05, 0) is 63.2 Å². The van der Waals surface area contributed by atoms with Crippen molar-refractivity contribution < 1.29 is 59.9 Å². The van der Waals surface area contributed by atoms with Crippen LogP contribution >= 0.6 is 0 Å². The molecular weight excluding hydrogens is 579 g/mol.